The number of aliphatic hydroxyl groups excluding tert-OH is 1. The molecule has 2 aromatic rings. The van der Waals surface area contributed by atoms with Crippen LogP contribution in [-0.2, 0) is 6.42 Å². The molecule has 0 saturated carbocycles. The predicted molar refractivity (Wildman–Crippen MR) is 68.7 cm³/mol. The zero-order valence-electron chi connectivity index (χ0n) is 10.0. The molecule has 1 aromatic carbocycles. The molecule has 1 aromatic heterocycles. The van der Waals surface area contributed by atoms with Crippen LogP contribution in [0.3, 0.4) is 0 Å². The van der Waals surface area contributed by atoms with Crippen LogP contribution in [0, 0.1) is 0 Å². The quantitative estimate of drug-likeness (QED) is 0.870. The number of aliphatic hydroxyl groups is 1. The van der Waals surface area contributed by atoms with Crippen molar-refractivity contribution in [1.29, 1.82) is 0 Å². The minimum atomic E-state index is -0.583. The van der Waals surface area contributed by atoms with Crippen molar-refractivity contribution in [2.45, 2.75) is 25.9 Å². The van der Waals surface area contributed by atoms with E-state index in [-0.39, 0.29) is 0 Å². The van der Waals surface area contributed by atoms with Crippen LogP contribution in [0.2, 0.25) is 0 Å². The van der Waals surface area contributed by atoms with Gasteiger partial charge in [-0.05, 0) is 23.6 Å². The van der Waals surface area contributed by atoms with Gasteiger partial charge in [-0.15, -0.1) is 0 Å². The maximum Gasteiger partial charge on any atom is 0.106 e. The number of nitrogens with zero attached hydrogens (tertiary/aromatic N) is 1. The summed E-state index contributed by atoms with van der Waals surface area (Å²) in [5.74, 6) is 0. The summed E-state index contributed by atoms with van der Waals surface area (Å²) in [5, 5.41) is 10.2. The molecule has 1 unspecified atom stereocenters. The number of aromatic nitrogens is 1. The fourth-order valence-electron chi connectivity index (χ4n) is 1.94. The van der Waals surface area contributed by atoms with Gasteiger partial charge in [0.05, 0.1) is 0 Å². The average molecular weight is 227 g/mol. The van der Waals surface area contributed by atoms with Crippen LogP contribution in [-0.4, -0.2) is 10.1 Å². The van der Waals surface area contributed by atoms with Gasteiger partial charge in [-0.1, -0.05) is 43.7 Å². The second-order valence-electron chi connectivity index (χ2n) is 4.18. The number of benzene rings is 1. The lowest BCUT2D eigenvalue weighted by Gasteiger charge is -2.12. The molecule has 0 bridgehead atoms. The van der Waals surface area contributed by atoms with E-state index in [1.54, 1.807) is 12.4 Å². The van der Waals surface area contributed by atoms with Crippen LogP contribution >= 0.6 is 0 Å². The summed E-state index contributed by atoms with van der Waals surface area (Å²) < 4.78 is 0. The fourth-order valence-corrected chi connectivity index (χ4v) is 1.94. The van der Waals surface area contributed by atoms with E-state index in [0.717, 1.165) is 24.0 Å². The molecule has 2 rings (SSSR count). The van der Waals surface area contributed by atoms with Gasteiger partial charge in [-0.2, -0.15) is 0 Å². The molecule has 0 amide bonds. The van der Waals surface area contributed by atoms with Crippen molar-refractivity contribution in [2.24, 2.45) is 0 Å². The van der Waals surface area contributed by atoms with Crippen molar-refractivity contribution in [3.05, 3.63) is 65.5 Å². The molecule has 0 aliphatic heterocycles. The Morgan fingerprint density at radius 1 is 1.18 bits per heavy atom. The Balaban J connectivity index is 2.25. The molecule has 0 aliphatic rings. The van der Waals surface area contributed by atoms with Gasteiger partial charge in [-0.25, -0.2) is 0 Å². The molecule has 0 aliphatic carbocycles. The molecular weight excluding hydrogens is 210 g/mol. The lowest BCUT2D eigenvalue weighted by molar-refractivity contribution is 0.220. The molecule has 17 heavy (non-hydrogen) atoms. The summed E-state index contributed by atoms with van der Waals surface area (Å²) in [6, 6.07) is 11.9. The first kappa shape index (κ1) is 11.8. The highest BCUT2D eigenvalue weighted by atomic mass is 16.3. The van der Waals surface area contributed by atoms with Crippen LogP contribution in [0.25, 0.3) is 0 Å². The van der Waals surface area contributed by atoms with Gasteiger partial charge in [-0.3, -0.25) is 4.98 Å². The number of aryl methyl sites for hydroxylation is 1. The van der Waals surface area contributed by atoms with Crippen LogP contribution < -0.4 is 0 Å². The van der Waals surface area contributed by atoms with Gasteiger partial charge in [0.1, 0.15) is 6.10 Å². The minimum absolute atomic E-state index is 0.583. The normalized spacial score (nSPS) is 12.4. The first-order chi connectivity index (χ1) is 8.31. The molecule has 0 fully saturated rings. The first-order valence-electron chi connectivity index (χ1n) is 5.98. The smallest absolute Gasteiger partial charge is 0.106 e. The Kier molecular flexibility index (Phi) is 3.89. The molecule has 0 spiro atoms. The third-order valence-corrected chi connectivity index (χ3v) is 2.81. The van der Waals surface area contributed by atoms with E-state index in [2.05, 4.69) is 24.0 Å². The SMILES string of the molecule is CCCc1cccc(C(O)c2cccnc2)c1. The molecule has 0 radical (unpaired) electrons. The largest absolute Gasteiger partial charge is 0.384 e. The van der Waals surface area contributed by atoms with Crippen LogP contribution in [0.1, 0.15) is 36.1 Å². The maximum absolute atomic E-state index is 10.2. The van der Waals surface area contributed by atoms with Crippen molar-refractivity contribution in [3.8, 4) is 0 Å². The summed E-state index contributed by atoms with van der Waals surface area (Å²) in [7, 11) is 0. The van der Waals surface area contributed by atoms with Crippen molar-refractivity contribution >= 4 is 0 Å². The van der Waals surface area contributed by atoms with Gasteiger partial charge in [0.25, 0.3) is 0 Å². The highest BCUT2D eigenvalue weighted by molar-refractivity contribution is 5.31. The van der Waals surface area contributed by atoms with E-state index >= 15 is 0 Å². The van der Waals surface area contributed by atoms with Crippen molar-refractivity contribution in [3.63, 3.8) is 0 Å². The second kappa shape index (κ2) is 5.60. The van der Waals surface area contributed by atoms with Gasteiger partial charge >= 0.3 is 0 Å². The molecule has 1 heterocycles. The summed E-state index contributed by atoms with van der Waals surface area (Å²) in [6.45, 7) is 2.16. The van der Waals surface area contributed by atoms with Crippen molar-refractivity contribution in [1.82, 2.24) is 4.98 Å². The zero-order chi connectivity index (χ0) is 12.1. The Labute approximate surface area is 102 Å². The molecular formula is C15H17NO. The molecule has 1 atom stereocenters. The molecule has 1 N–H and O–H groups in total. The third kappa shape index (κ3) is 2.92. The van der Waals surface area contributed by atoms with Crippen molar-refractivity contribution in [2.75, 3.05) is 0 Å². The van der Waals surface area contributed by atoms with Crippen LogP contribution in [0.15, 0.2) is 48.8 Å². The fraction of sp³-hybridized carbons (Fsp3) is 0.267. The Morgan fingerprint density at radius 3 is 2.71 bits per heavy atom. The van der Waals surface area contributed by atoms with Gasteiger partial charge in [0, 0.05) is 18.0 Å². The van der Waals surface area contributed by atoms with E-state index in [1.165, 1.54) is 5.56 Å². The van der Waals surface area contributed by atoms with E-state index in [9.17, 15) is 5.11 Å². The Hall–Kier alpha value is -1.67. The van der Waals surface area contributed by atoms with Crippen LogP contribution in [0.4, 0.5) is 0 Å². The topological polar surface area (TPSA) is 33.1 Å². The Morgan fingerprint density at radius 2 is 2.00 bits per heavy atom. The van der Waals surface area contributed by atoms with Gasteiger partial charge < -0.3 is 5.11 Å². The van der Waals surface area contributed by atoms with Gasteiger partial charge in [0.15, 0.2) is 0 Å². The third-order valence-electron chi connectivity index (χ3n) is 2.81. The number of hydrogen-bond donors (Lipinski definition) is 1. The molecule has 2 heteroatoms. The van der Waals surface area contributed by atoms with Crippen molar-refractivity contribution < 1.29 is 5.11 Å². The van der Waals surface area contributed by atoms with E-state index in [1.807, 2.05) is 24.3 Å². The Bertz CT molecular complexity index is 467. The number of pyridine rings is 1. The number of rotatable bonds is 4. The molecule has 0 saturated heterocycles. The maximum atomic E-state index is 10.2. The monoisotopic (exact) mass is 227 g/mol. The van der Waals surface area contributed by atoms with Crippen LogP contribution in [0.5, 0.6) is 0 Å². The molecule has 2 nitrogen and oxygen atoms in total. The summed E-state index contributed by atoms with van der Waals surface area (Å²) in [5.41, 5.74) is 3.04. The summed E-state index contributed by atoms with van der Waals surface area (Å²) in [4.78, 5) is 4.03. The number of hydrogen-bond acceptors (Lipinski definition) is 2. The minimum Gasteiger partial charge on any atom is -0.384 e. The van der Waals surface area contributed by atoms with E-state index < -0.39 is 6.10 Å². The first-order valence-corrected chi connectivity index (χ1v) is 5.98. The second-order valence-corrected chi connectivity index (χ2v) is 4.18. The van der Waals surface area contributed by atoms with E-state index in [4.69, 9.17) is 0 Å². The molecule has 88 valence electrons. The predicted octanol–water partition coefficient (Wildman–Crippen LogP) is 3.12. The zero-order valence-corrected chi connectivity index (χ0v) is 10.0. The lowest BCUT2D eigenvalue weighted by Crippen LogP contribution is -2.00. The summed E-state index contributed by atoms with van der Waals surface area (Å²) in [6.07, 6.45) is 5.00. The lowest BCUT2D eigenvalue weighted by atomic mass is 9.99. The van der Waals surface area contributed by atoms with E-state index in [0.29, 0.717) is 0 Å². The highest BCUT2D eigenvalue weighted by Crippen LogP contribution is 2.22. The standard InChI is InChI=1S/C15H17NO/c1-2-5-12-6-3-7-13(10-12)15(17)14-8-4-9-16-11-14/h3-4,6-11,15,17H,2,5H2,1H3. The highest BCUT2D eigenvalue weighted by Gasteiger charge is 2.10. The average Bonchev–Trinajstić information content (AvgIpc) is 2.40. The summed E-state index contributed by atoms with van der Waals surface area (Å²) >= 11 is 0. The van der Waals surface area contributed by atoms with Gasteiger partial charge in [0.2, 0.25) is 0 Å².